The third-order valence-corrected chi connectivity index (χ3v) is 3.82. The standard InChI is InChI=1S/C18H20N2O2/c1-20(2)15-10-8-14(9-11-15)18(21)19-12-16-17(22-16)13-6-4-3-5-7-13/h3-11,16-17H,12H2,1-2H3,(H,19,21). The molecule has 1 saturated heterocycles. The third kappa shape index (κ3) is 3.28. The van der Waals surface area contributed by atoms with Gasteiger partial charge in [-0.25, -0.2) is 0 Å². The van der Waals surface area contributed by atoms with Gasteiger partial charge in [0.15, 0.2) is 0 Å². The Morgan fingerprint density at radius 2 is 1.77 bits per heavy atom. The van der Waals surface area contributed by atoms with Crippen molar-refractivity contribution in [3.8, 4) is 0 Å². The smallest absolute Gasteiger partial charge is 0.251 e. The first-order valence-corrected chi connectivity index (χ1v) is 7.41. The molecule has 1 aliphatic heterocycles. The van der Waals surface area contributed by atoms with E-state index in [4.69, 9.17) is 4.74 Å². The molecule has 4 heteroatoms. The number of carbonyl (C=O) groups is 1. The largest absolute Gasteiger partial charge is 0.378 e. The van der Waals surface area contributed by atoms with Gasteiger partial charge in [-0.2, -0.15) is 0 Å². The molecule has 1 heterocycles. The van der Waals surface area contributed by atoms with Crippen LogP contribution in [-0.4, -0.2) is 32.7 Å². The quantitative estimate of drug-likeness (QED) is 0.863. The van der Waals surface area contributed by atoms with E-state index in [9.17, 15) is 4.79 Å². The average molecular weight is 296 g/mol. The van der Waals surface area contributed by atoms with E-state index < -0.39 is 0 Å². The second-order valence-corrected chi connectivity index (χ2v) is 5.66. The lowest BCUT2D eigenvalue weighted by molar-refractivity contribution is 0.0950. The van der Waals surface area contributed by atoms with Crippen molar-refractivity contribution >= 4 is 11.6 Å². The zero-order chi connectivity index (χ0) is 15.5. The summed E-state index contributed by atoms with van der Waals surface area (Å²) in [6.07, 6.45) is 0.185. The summed E-state index contributed by atoms with van der Waals surface area (Å²) in [5, 5.41) is 2.93. The van der Waals surface area contributed by atoms with Gasteiger partial charge in [-0.3, -0.25) is 4.79 Å². The number of nitrogens with zero attached hydrogens (tertiary/aromatic N) is 1. The molecule has 1 aliphatic rings. The molecule has 3 rings (SSSR count). The molecule has 114 valence electrons. The summed E-state index contributed by atoms with van der Waals surface area (Å²) in [6.45, 7) is 0.536. The lowest BCUT2D eigenvalue weighted by Crippen LogP contribution is -2.27. The first kappa shape index (κ1) is 14.6. The van der Waals surface area contributed by atoms with Gasteiger partial charge in [-0.05, 0) is 29.8 Å². The number of anilines is 1. The molecule has 0 saturated carbocycles. The predicted molar refractivity (Wildman–Crippen MR) is 87.2 cm³/mol. The molecular formula is C18H20N2O2. The van der Waals surface area contributed by atoms with Crippen LogP contribution in [0.5, 0.6) is 0 Å². The Kier molecular flexibility index (Phi) is 4.11. The average Bonchev–Trinajstić information content (AvgIpc) is 3.33. The van der Waals surface area contributed by atoms with Crippen molar-refractivity contribution in [2.75, 3.05) is 25.5 Å². The maximum Gasteiger partial charge on any atom is 0.251 e. The maximum absolute atomic E-state index is 12.1. The van der Waals surface area contributed by atoms with Crippen molar-refractivity contribution in [2.24, 2.45) is 0 Å². The highest BCUT2D eigenvalue weighted by Gasteiger charge is 2.39. The molecule has 1 fully saturated rings. The second kappa shape index (κ2) is 6.20. The van der Waals surface area contributed by atoms with Crippen LogP contribution in [0.25, 0.3) is 0 Å². The minimum absolute atomic E-state index is 0.0624. The van der Waals surface area contributed by atoms with Crippen LogP contribution in [0.3, 0.4) is 0 Å². The maximum atomic E-state index is 12.1. The highest BCUT2D eigenvalue weighted by molar-refractivity contribution is 5.94. The molecule has 1 amide bonds. The van der Waals surface area contributed by atoms with Gasteiger partial charge in [-0.15, -0.1) is 0 Å². The molecule has 22 heavy (non-hydrogen) atoms. The second-order valence-electron chi connectivity index (χ2n) is 5.66. The number of epoxide rings is 1. The van der Waals surface area contributed by atoms with E-state index >= 15 is 0 Å². The summed E-state index contributed by atoms with van der Waals surface area (Å²) in [4.78, 5) is 14.1. The molecule has 0 radical (unpaired) electrons. The van der Waals surface area contributed by atoms with Crippen LogP contribution in [0.1, 0.15) is 22.0 Å². The molecule has 1 N–H and O–H groups in total. The van der Waals surface area contributed by atoms with Gasteiger partial charge in [0.05, 0.1) is 0 Å². The number of rotatable bonds is 5. The predicted octanol–water partition coefficient (Wildman–Crippen LogP) is 2.62. The number of carbonyl (C=O) groups excluding carboxylic acids is 1. The molecule has 2 atom stereocenters. The minimum atomic E-state index is -0.0624. The lowest BCUT2D eigenvalue weighted by atomic mass is 10.1. The van der Waals surface area contributed by atoms with Crippen LogP contribution in [0.15, 0.2) is 54.6 Å². The first-order valence-electron chi connectivity index (χ1n) is 7.41. The molecule has 4 nitrogen and oxygen atoms in total. The van der Waals surface area contributed by atoms with Crippen LogP contribution in [0.4, 0.5) is 5.69 Å². The SMILES string of the molecule is CN(C)c1ccc(C(=O)NCC2OC2c2ccccc2)cc1. The van der Waals surface area contributed by atoms with E-state index in [0.717, 1.165) is 11.3 Å². The summed E-state index contributed by atoms with van der Waals surface area (Å²) in [7, 11) is 3.95. The number of nitrogens with one attached hydrogen (secondary N) is 1. The molecule has 2 aromatic rings. The van der Waals surface area contributed by atoms with Crippen molar-refractivity contribution in [1.29, 1.82) is 0 Å². The highest BCUT2D eigenvalue weighted by Crippen LogP contribution is 2.37. The summed E-state index contributed by atoms with van der Waals surface area (Å²) >= 11 is 0. The Bertz CT molecular complexity index is 638. The van der Waals surface area contributed by atoms with Crippen LogP contribution >= 0.6 is 0 Å². The monoisotopic (exact) mass is 296 g/mol. The van der Waals surface area contributed by atoms with Gasteiger partial charge >= 0.3 is 0 Å². The number of amides is 1. The Morgan fingerprint density at radius 1 is 1.09 bits per heavy atom. The minimum Gasteiger partial charge on any atom is -0.378 e. The van der Waals surface area contributed by atoms with E-state index in [1.807, 2.05) is 73.6 Å². The topological polar surface area (TPSA) is 44.9 Å². The van der Waals surface area contributed by atoms with Gasteiger partial charge in [-0.1, -0.05) is 30.3 Å². The summed E-state index contributed by atoms with van der Waals surface area (Å²) < 4.78 is 5.62. The molecule has 0 aliphatic carbocycles. The summed E-state index contributed by atoms with van der Waals surface area (Å²) in [6, 6.07) is 17.6. The highest BCUT2D eigenvalue weighted by atomic mass is 16.6. The fraction of sp³-hybridized carbons (Fsp3) is 0.278. The molecule has 0 spiro atoms. The van der Waals surface area contributed by atoms with Gasteiger partial charge in [0, 0.05) is 31.9 Å². The van der Waals surface area contributed by atoms with Crippen molar-refractivity contribution in [3.05, 3.63) is 65.7 Å². The molecule has 2 aromatic carbocycles. The van der Waals surface area contributed by atoms with Crippen molar-refractivity contribution in [3.63, 3.8) is 0 Å². The number of benzene rings is 2. The zero-order valence-corrected chi connectivity index (χ0v) is 12.8. The Hall–Kier alpha value is -2.33. The summed E-state index contributed by atoms with van der Waals surface area (Å²) in [5.41, 5.74) is 2.91. The molecule has 2 unspecified atom stereocenters. The third-order valence-electron chi connectivity index (χ3n) is 3.82. The number of hydrogen-bond acceptors (Lipinski definition) is 3. The van der Waals surface area contributed by atoms with Gasteiger partial charge < -0.3 is 15.0 Å². The van der Waals surface area contributed by atoms with Crippen LogP contribution in [0, 0.1) is 0 Å². The molecule has 0 bridgehead atoms. The molecular weight excluding hydrogens is 276 g/mol. The van der Waals surface area contributed by atoms with E-state index in [1.54, 1.807) is 0 Å². The van der Waals surface area contributed by atoms with Crippen LogP contribution in [-0.2, 0) is 4.74 Å². The fourth-order valence-corrected chi connectivity index (χ4v) is 2.44. The van der Waals surface area contributed by atoms with E-state index in [1.165, 1.54) is 0 Å². The van der Waals surface area contributed by atoms with Gasteiger partial charge in [0.2, 0.25) is 0 Å². The van der Waals surface area contributed by atoms with Gasteiger partial charge in [0.1, 0.15) is 12.2 Å². The molecule has 0 aromatic heterocycles. The summed E-state index contributed by atoms with van der Waals surface area (Å²) in [5.74, 6) is -0.0624. The van der Waals surface area contributed by atoms with E-state index in [2.05, 4.69) is 5.32 Å². The van der Waals surface area contributed by atoms with Crippen LogP contribution < -0.4 is 10.2 Å². The Morgan fingerprint density at radius 3 is 2.41 bits per heavy atom. The van der Waals surface area contributed by atoms with Crippen molar-refractivity contribution in [2.45, 2.75) is 12.2 Å². The van der Waals surface area contributed by atoms with E-state index in [0.29, 0.717) is 12.1 Å². The van der Waals surface area contributed by atoms with Crippen molar-refractivity contribution in [1.82, 2.24) is 5.32 Å². The van der Waals surface area contributed by atoms with Crippen molar-refractivity contribution < 1.29 is 9.53 Å². The zero-order valence-electron chi connectivity index (χ0n) is 12.8. The van der Waals surface area contributed by atoms with E-state index in [-0.39, 0.29) is 18.1 Å². The number of hydrogen-bond donors (Lipinski definition) is 1. The fourth-order valence-electron chi connectivity index (χ4n) is 2.44. The van der Waals surface area contributed by atoms with Crippen LogP contribution in [0.2, 0.25) is 0 Å². The Balaban J connectivity index is 1.51. The first-order chi connectivity index (χ1) is 10.6. The number of ether oxygens (including phenoxy) is 1. The van der Waals surface area contributed by atoms with Gasteiger partial charge in [0.25, 0.3) is 5.91 Å². The lowest BCUT2D eigenvalue weighted by Gasteiger charge is -2.12. The normalized spacial score (nSPS) is 19.5. The Labute approximate surface area is 130 Å².